The Hall–Kier alpha value is -2.71. The third-order valence-electron chi connectivity index (χ3n) is 4.91. The van der Waals surface area contributed by atoms with Crippen LogP contribution in [0.2, 0.25) is 0 Å². The molecule has 2 aromatic carbocycles. The Morgan fingerprint density at radius 2 is 1.82 bits per heavy atom. The Morgan fingerprint density at radius 1 is 1.14 bits per heavy atom. The number of primary sulfonamides is 1. The average molecular weight is 402 g/mol. The van der Waals surface area contributed by atoms with Crippen molar-refractivity contribution in [3.05, 3.63) is 59.7 Å². The van der Waals surface area contributed by atoms with Crippen molar-refractivity contribution in [3.63, 3.8) is 0 Å². The molecule has 2 N–H and O–H groups in total. The Balaban J connectivity index is 1.68. The molecule has 2 aromatic rings. The molecule has 7 nitrogen and oxygen atoms in total. The van der Waals surface area contributed by atoms with Crippen molar-refractivity contribution in [3.8, 4) is 0 Å². The highest BCUT2D eigenvalue weighted by atomic mass is 32.2. The number of hydrogen-bond acceptors (Lipinski definition) is 5. The van der Waals surface area contributed by atoms with Gasteiger partial charge in [-0.1, -0.05) is 30.3 Å². The highest BCUT2D eigenvalue weighted by Crippen LogP contribution is 2.30. The fraction of sp³-hybridized carbons (Fsp3) is 0.300. The Labute approximate surface area is 164 Å². The summed E-state index contributed by atoms with van der Waals surface area (Å²) >= 11 is 0. The van der Waals surface area contributed by atoms with Crippen LogP contribution < -0.4 is 10.0 Å². The molecular formula is C20H22N2O5S. The van der Waals surface area contributed by atoms with Crippen LogP contribution in [-0.4, -0.2) is 33.4 Å². The number of anilines is 1. The number of hydrogen-bond donors (Lipinski definition) is 1. The van der Waals surface area contributed by atoms with E-state index in [1.165, 1.54) is 17.0 Å². The number of esters is 1. The summed E-state index contributed by atoms with van der Waals surface area (Å²) in [6, 6.07) is 13.6. The van der Waals surface area contributed by atoms with E-state index in [-0.39, 0.29) is 17.4 Å². The highest BCUT2D eigenvalue weighted by molar-refractivity contribution is 7.89. The molecule has 1 aliphatic heterocycles. The van der Waals surface area contributed by atoms with Crippen molar-refractivity contribution < 1.29 is 22.7 Å². The van der Waals surface area contributed by atoms with Gasteiger partial charge in [-0.3, -0.25) is 9.59 Å². The lowest BCUT2D eigenvalue weighted by molar-refractivity contribution is -0.152. The van der Waals surface area contributed by atoms with Crippen molar-refractivity contribution in [1.29, 1.82) is 0 Å². The molecule has 0 bridgehead atoms. The van der Waals surface area contributed by atoms with Gasteiger partial charge in [0.15, 0.2) is 6.61 Å². The number of rotatable bonds is 5. The van der Waals surface area contributed by atoms with E-state index in [2.05, 4.69) is 0 Å². The van der Waals surface area contributed by atoms with Gasteiger partial charge >= 0.3 is 5.97 Å². The Bertz CT molecular complexity index is 1020. The van der Waals surface area contributed by atoms with Crippen LogP contribution in [0.5, 0.6) is 0 Å². The highest BCUT2D eigenvalue weighted by Gasteiger charge is 2.33. The van der Waals surface area contributed by atoms with E-state index in [4.69, 9.17) is 9.88 Å². The first kappa shape index (κ1) is 20.0. The summed E-state index contributed by atoms with van der Waals surface area (Å²) in [5.74, 6) is -0.852. The predicted octanol–water partition coefficient (Wildman–Crippen LogP) is 1.74. The second-order valence-corrected chi connectivity index (χ2v) is 8.76. The van der Waals surface area contributed by atoms with E-state index < -0.39 is 21.4 Å². The van der Waals surface area contributed by atoms with Crippen LogP contribution in [0.4, 0.5) is 5.69 Å². The summed E-state index contributed by atoms with van der Waals surface area (Å²) in [6.45, 7) is 3.50. The normalized spacial score (nSPS) is 13.9. The molecule has 0 saturated carbocycles. The zero-order valence-corrected chi connectivity index (χ0v) is 16.5. The van der Waals surface area contributed by atoms with Crippen molar-refractivity contribution >= 4 is 27.6 Å². The number of nitrogens with two attached hydrogens (primary N) is 1. The van der Waals surface area contributed by atoms with Gasteiger partial charge in [0, 0.05) is 12.2 Å². The Morgan fingerprint density at radius 3 is 2.46 bits per heavy atom. The Kier molecular flexibility index (Phi) is 5.27. The average Bonchev–Trinajstić information content (AvgIpc) is 3.09. The van der Waals surface area contributed by atoms with Crippen LogP contribution in [0.3, 0.4) is 0 Å². The first-order valence-corrected chi connectivity index (χ1v) is 10.3. The summed E-state index contributed by atoms with van der Waals surface area (Å²) in [5, 5.41) is 5.15. The molecule has 0 spiro atoms. The van der Waals surface area contributed by atoms with E-state index >= 15 is 0 Å². The summed E-state index contributed by atoms with van der Waals surface area (Å²) in [6.07, 6.45) is 0.508. The van der Waals surface area contributed by atoms with Gasteiger partial charge < -0.3 is 9.64 Å². The molecule has 0 saturated heterocycles. The van der Waals surface area contributed by atoms with Crippen molar-refractivity contribution in [2.75, 3.05) is 18.1 Å². The van der Waals surface area contributed by atoms with Crippen molar-refractivity contribution in [2.45, 2.75) is 30.6 Å². The second-order valence-electron chi connectivity index (χ2n) is 7.20. The molecule has 148 valence electrons. The van der Waals surface area contributed by atoms with Gasteiger partial charge in [0.05, 0.1) is 10.3 Å². The van der Waals surface area contributed by atoms with E-state index in [1.54, 1.807) is 19.9 Å². The monoisotopic (exact) mass is 402 g/mol. The third kappa shape index (κ3) is 3.93. The molecule has 0 radical (unpaired) electrons. The van der Waals surface area contributed by atoms with Gasteiger partial charge in [0.2, 0.25) is 10.0 Å². The number of benzene rings is 2. The van der Waals surface area contributed by atoms with Gasteiger partial charge in [-0.25, -0.2) is 13.6 Å². The van der Waals surface area contributed by atoms with Gasteiger partial charge in [0.1, 0.15) is 0 Å². The number of carbonyl (C=O) groups is 2. The van der Waals surface area contributed by atoms with Crippen LogP contribution in [0, 0.1) is 0 Å². The summed E-state index contributed by atoms with van der Waals surface area (Å²) in [7, 11) is -3.80. The van der Waals surface area contributed by atoms with Crippen LogP contribution in [0.15, 0.2) is 53.4 Å². The number of ether oxygens (including phenoxy) is 1. The molecular weight excluding hydrogens is 380 g/mol. The lowest BCUT2D eigenvalue weighted by Crippen LogP contribution is -2.37. The zero-order valence-electron chi connectivity index (χ0n) is 15.7. The molecule has 0 atom stereocenters. The topological polar surface area (TPSA) is 107 Å². The first-order valence-electron chi connectivity index (χ1n) is 8.79. The zero-order chi connectivity index (χ0) is 20.5. The molecule has 0 aromatic heterocycles. The summed E-state index contributed by atoms with van der Waals surface area (Å²) in [4.78, 5) is 26.6. The minimum absolute atomic E-state index is 0.0107. The van der Waals surface area contributed by atoms with E-state index in [9.17, 15) is 18.0 Å². The predicted molar refractivity (Wildman–Crippen MR) is 104 cm³/mol. The number of sulfonamides is 1. The standard InChI is InChI=1S/C20H22N2O5S/c1-20(2,15-6-4-3-5-7-15)19(24)27-13-18(23)22-11-10-14-12-16(28(21,25)26)8-9-17(14)22/h3-9,12H,10-11,13H2,1-2H3,(H2,21,25,26). The minimum atomic E-state index is -3.80. The number of nitrogens with zero attached hydrogens (tertiary/aromatic N) is 1. The maximum Gasteiger partial charge on any atom is 0.316 e. The second kappa shape index (κ2) is 7.37. The summed E-state index contributed by atoms with van der Waals surface area (Å²) in [5.41, 5.74) is 1.25. The molecule has 0 aliphatic carbocycles. The molecule has 0 fully saturated rings. The van der Waals surface area contributed by atoms with E-state index in [1.807, 2.05) is 30.3 Å². The summed E-state index contributed by atoms with van der Waals surface area (Å²) < 4.78 is 28.2. The van der Waals surface area contributed by atoms with Crippen LogP contribution in [0.1, 0.15) is 25.0 Å². The van der Waals surface area contributed by atoms with Crippen molar-refractivity contribution in [2.24, 2.45) is 5.14 Å². The lowest BCUT2D eigenvalue weighted by Gasteiger charge is -2.24. The fourth-order valence-corrected chi connectivity index (χ4v) is 3.74. The van der Waals surface area contributed by atoms with Gasteiger partial charge in [-0.2, -0.15) is 0 Å². The number of carbonyl (C=O) groups excluding carboxylic acids is 2. The molecule has 1 amide bonds. The first-order chi connectivity index (χ1) is 13.1. The van der Waals surface area contributed by atoms with Crippen LogP contribution in [0.25, 0.3) is 0 Å². The minimum Gasteiger partial charge on any atom is -0.455 e. The van der Waals surface area contributed by atoms with Crippen molar-refractivity contribution in [1.82, 2.24) is 0 Å². The van der Waals surface area contributed by atoms with E-state index in [0.29, 0.717) is 18.7 Å². The molecule has 8 heteroatoms. The molecule has 1 aliphatic rings. The van der Waals surface area contributed by atoms with Gasteiger partial charge in [-0.15, -0.1) is 0 Å². The third-order valence-corrected chi connectivity index (χ3v) is 5.82. The maximum atomic E-state index is 12.6. The van der Waals surface area contributed by atoms with E-state index in [0.717, 1.165) is 11.1 Å². The molecule has 3 rings (SSSR count). The largest absolute Gasteiger partial charge is 0.455 e. The van der Waals surface area contributed by atoms with Gasteiger partial charge in [0.25, 0.3) is 5.91 Å². The van der Waals surface area contributed by atoms with Gasteiger partial charge in [-0.05, 0) is 49.6 Å². The molecule has 1 heterocycles. The number of fused-ring (bicyclic) bond motifs is 1. The van der Waals surface area contributed by atoms with Crippen LogP contribution >= 0.6 is 0 Å². The maximum absolute atomic E-state index is 12.6. The molecule has 0 unspecified atom stereocenters. The fourth-order valence-electron chi connectivity index (χ4n) is 3.17. The number of amides is 1. The smallest absolute Gasteiger partial charge is 0.316 e. The quantitative estimate of drug-likeness (QED) is 0.767. The molecule has 28 heavy (non-hydrogen) atoms. The van der Waals surface area contributed by atoms with Crippen LogP contribution in [-0.2, 0) is 36.2 Å². The lowest BCUT2D eigenvalue weighted by atomic mass is 9.85. The SMILES string of the molecule is CC(C)(C(=O)OCC(=O)N1CCc2cc(S(N)(=O)=O)ccc21)c1ccccc1.